The van der Waals surface area contributed by atoms with Crippen molar-refractivity contribution in [2.24, 2.45) is 0 Å². The average Bonchev–Trinajstić information content (AvgIpc) is 2.55. The maximum Gasteiger partial charge on any atom is 0.416 e. The smallest absolute Gasteiger partial charge is 0.416 e. The standard InChI is InChI=1S/C16H10F3NO4S/c17-16(18,19)11-2-1-3-12(8-11)25(23,24)13(9-20)6-10-4-5-14(21)15(22)7-10/h1-8,21-22H. The molecule has 2 aromatic rings. The number of benzene rings is 2. The molecule has 0 aliphatic heterocycles. The second kappa shape index (κ2) is 6.49. The highest BCUT2D eigenvalue weighted by Gasteiger charge is 2.32. The van der Waals surface area contributed by atoms with Crippen molar-refractivity contribution in [3.05, 3.63) is 58.5 Å². The third-order valence-corrected chi connectivity index (χ3v) is 4.83. The molecule has 0 amide bonds. The third-order valence-electron chi connectivity index (χ3n) is 3.17. The summed E-state index contributed by atoms with van der Waals surface area (Å²) in [7, 11) is -4.50. The van der Waals surface area contributed by atoms with E-state index in [-0.39, 0.29) is 5.56 Å². The van der Waals surface area contributed by atoms with Crippen LogP contribution < -0.4 is 0 Å². The van der Waals surface area contributed by atoms with Crippen molar-refractivity contribution in [1.29, 1.82) is 5.26 Å². The highest BCUT2D eigenvalue weighted by atomic mass is 32.2. The molecular formula is C16H10F3NO4S. The first kappa shape index (κ1) is 18.4. The van der Waals surface area contributed by atoms with Crippen molar-refractivity contribution in [2.45, 2.75) is 11.1 Å². The van der Waals surface area contributed by atoms with Crippen molar-refractivity contribution in [3.8, 4) is 17.6 Å². The van der Waals surface area contributed by atoms with E-state index in [1.807, 2.05) is 0 Å². The van der Waals surface area contributed by atoms with E-state index < -0.39 is 42.9 Å². The average molecular weight is 369 g/mol. The van der Waals surface area contributed by atoms with Gasteiger partial charge in [-0.15, -0.1) is 0 Å². The molecule has 9 heteroatoms. The lowest BCUT2D eigenvalue weighted by Gasteiger charge is -2.09. The van der Waals surface area contributed by atoms with Gasteiger partial charge in [0.2, 0.25) is 9.84 Å². The van der Waals surface area contributed by atoms with E-state index in [1.54, 1.807) is 0 Å². The Kier molecular flexibility index (Phi) is 4.76. The van der Waals surface area contributed by atoms with Crippen LogP contribution in [-0.2, 0) is 16.0 Å². The van der Waals surface area contributed by atoms with Crippen molar-refractivity contribution in [1.82, 2.24) is 0 Å². The lowest BCUT2D eigenvalue weighted by Crippen LogP contribution is -2.08. The van der Waals surface area contributed by atoms with Crippen molar-refractivity contribution in [2.75, 3.05) is 0 Å². The van der Waals surface area contributed by atoms with Crippen LogP contribution in [0.4, 0.5) is 13.2 Å². The van der Waals surface area contributed by atoms with E-state index in [0.717, 1.165) is 30.3 Å². The largest absolute Gasteiger partial charge is 0.504 e. The van der Waals surface area contributed by atoms with Crippen molar-refractivity contribution < 1.29 is 31.8 Å². The number of nitrogens with zero attached hydrogens (tertiary/aromatic N) is 1. The Labute approximate surface area is 140 Å². The topological polar surface area (TPSA) is 98.4 Å². The van der Waals surface area contributed by atoms with E-state index in [2.05, 4.69) is 0 Å². The minimum atomic E-state index is -4.73. The first-order valence-electron chi connectivity index (χ1n) is 6.62. The minimum absolute atomic E-state index is 0.0717. The Morgan fingerprint density at radius 3 is 2.32 bits per heavy atom. The zero-order valence-electron chi connectivity index (χ0n) is 12.3. The molecule has 25 heavy (non-hydrogen) atoms. The summed E-state index contributed by atoms with van der Waals surface area (Å²) in [6.45, 7) is 0. The molecule has 0 spiro atoms. The molecule has 0 aliphatic rings. The zero-order valence-corrected chi connectivity index (χ0v) is 13.1. The molecule has 0 saturated carbocycles. The summed E-state index contributed by atoms with van der Waals surface area (Å²) in [5.74, 6) is -0.987. The van der Waals surface area contributed by atoms with Gasteiger partial charge in [-0.2, -0.15) is 18.4 Å². The summed E-state index contributed by atoms with van der Waals surface area (Å²) in [6, 6.07) is 7.77. The van der Waals surface area contributed by atoms with Gasteiger partial charge in [0.05, 0.1) is 10.5 Å². The van der Waals surface area contributed by atoms with E-state index in [1.165, 1.54) is 12.1 Å². The van der Waals surface area contributed by atoms with Gasteiger partial charge in [0.15, 0.2) is 11.5 Å². The van der Waals surface area contributed by atoms with Crippen LogP contribution in [0.1, 0.15) is 11.1 Å². The molecule has 2 aromatic carbocycles. The number of aromatic hydroxyl groups is 2. The highest BCUT2D eigenvalue weighted by Crippen LogP contribution is 2.32. The molecule has 0 fully saturated rings. The summed E-state index contributed by atoms with van der Waals surface area (Å²) in [6.07, 6.45) is -3.85. The number of phenols is 2. The van der Waals surface area contributed by atoms with Gasteiger partial charge < -0.3 is 10.2 Å². The SMILES string of the molecule is N#CC(=Cc1ccc(O)c(O)c1)S(=O)(=O)c1cccc(C(F)(F)F)c1. The number of halogens is 3. The summed E-state index contributed by atoms with van der Waals surface area (Å²) in [5, 5.41) is 27.7. The Hall–Kier alpha value is -2.99. The number of phenolic OH excluding ortho intramolecular Hbond substituents is 2. The molecule has 5 nitrogen and oxygen atoms in total. The van der Waals surface area contributed by atoms with Gasteiger partial charge in [-0.3, -0.25) is 0 Å². The second-order valence-electron chi connectivity index (χ2n) is 4.90. The number of nitriles is 1. The van der Waals surface area contributed by atoms with Gasteiger partial charge in [0, 0.05) is 0 Å². The lowest BCUT2D eigenvalue weighted by molar-refractivity contribution is -0.137. The molecule has 0 unspecified atom stereocenters. The molecule has 0 aromatic heterocycles. The van der Waals surface area contributed by atoms with Gasteiger partial charge >= 0.3 is 6.18 Å². The molecule has 0 radical (unpaired) electrons. The summed E-state index contributed by atoms with van der Waals surface area (Å²) in [4.78, 5) is -1.49. The molecule has 0 heterocycles. The zero-order chi connectivity index (χ0) is 18.8. The molecule has 2 rings (SSSR count). The quantitative estimate of drug-likeness (QED) is 0.638. The molecule has 0 aliphatic carbocycles. The number of alkyl halides is 3. The number of sulfone groups is 1. The van der Waals surface area contributed by atoms with Crippen LogP contribution in [0, 0.1) is 11.3 Å². The lowest BCUT2D eigenvalue weighted by atomic mass is 10.2. The van der Waals surface area contributed by atoms with Crippen LogP contribution in [0.2, 0.25) is 0 Å². The summed E-state index contributed by atoms with van der Waals surface area (Å²) >= 11 is 0. The molecule has 0 bridgehead atoms. The van der Waals surface area contributed by atoms with Crippen LogP contribution in [-0.4, -0.2) is 18.6 Å². The third kappa shape index (κ3) is 3.92. The number of hydrogen-bond acceptors (Lipinski definition) is 5. The summed E-state index contributed by atoms with van der Waals surface area (Å²) in [5.41, 5.74) is -1.09. The molecule has 0 atom stereocenters. The van der Waals surface area contributed by atoms with Crippen LogP contribution in [0.3, 0.4) is 0 Å². The number of allylic oxidation sites excluding steroid dienone is 1. The second-order valence-corrected chi connectivity index (χ2v) is 6.82. The van der Waals surface area contributed by atoms with Gasteiger partial charge in [0.25, 0.3) is 0 Å². The van der Waals surface area contributed by atoms with E-state index in [9.17, 15) is 31.8 Å². The van der Waals surface area contributed by atoms with Crippen LogP contribution >= 0.6 is 0 Å². The number of rotatable bonds is 3. The van der Waals surface area contributed by atoms with Gasteiger partial charge in [-0.05, 0) is 42.0 Å². The van der Waals surface area contributed by atoms with Crippen molar-refractivity contribution >= 4 is 15.9 Å². The normalized spacial score (nSPS) is 12.6. The Bertz CT molecular complexity index is 989. The summed E-state index contributed by atoms with van der Waals surface area (Å²) < 4.78 is 63.1. The molecule has 130 valence electrons. The fourth-order valence-corrected chi connectivity index (χ4v) is 3.12. The minimum Gasteiger partial charge on any atom is -0.504 e. The fourth-order valence-electron chi connectivity index (χ4n) is 1.92. The van der Waals surface area contributed by atoms with Gasteiger partial charge in [-0.25, -0.2) is 8.42 Å². The molecule has 2 N–H and O–H groups in total. The van der Waals surface area contributed by atoms with Crippen molar-refractivity contribution in [3.63, 3.8) is 0 Å². The first-order valence-corrected chi connectivity index (χ1v) is 8.10. The van der Waals surface area contributed by atoms with E-state index >= 15 is 0 Å². The maximum atomic E-state index is 12.7. The Morgan fingerprint density at radius 1 is 1.08 bits per heavy atom. The maximum absolute atomic E-state index is 12.7. The van der Waals surface area contributed by atoms with Crippen LogP contribution in [0.15, 0.2) is 52.3 Å². The first-order chi connectivity index (χ1) is 11.6. The Balaban J connectivity index is 2.55. The Morgan fingerprint density at radius 2 is 1.76 bits per heavy atom. The van der Waals surface area contributed by atoms with Crippen LogP contribution in [0.5, 0.6) is 11.5 Å². The molecule has 0 saturated heterocycles. The molecular weight excluding hydrogens is 359 g/mol. The monoisotopic (exact) mass is 369 g/mol. The van der Waals surface area contributed by atoms with Gasteiger partial charge in [0.1, 0.15) is 11.0 Å². The fraction of sp³-hybridized carbons (Fsp3) is 0.0625. The predicted molar refractivity (Wildman–Crippen MR) is 82.0 cm³/mol. The van der Waals surface area contributed by atoms with Gasteiger partial charge in [-0.1, -0.05) is 12.1 Å². The van der Waals surface area contributed by atoms with Crippen LogP contribution in [0.25, 0.3) is 6.08 Å². The van der Waals surface area contributed by atoms with E-state index in [0.29, 0.717) is 12.1 Å². The van der Waals surface area contributed by atoms with E-state index in [4.69, 9.17) is 5.26 Å². The number of hydrogen-bond donors (Lipinski definition) is 2. The highest BCUT2D eigenvalue weighted by molar-refractivity contribution is 7.95. The predicted octanol–water partition coefficient (Wildman–Crippen LogP) is 3.45.